The maximum Gasteiger partial charge on any atom is 0.127 e. The first-order valence-electron chi connectivity index (χ1n) is 6.77. The first-order chi connectivity index (χ1) is 8.83. The maximum atomic E-state index is 5.28. The topological polar surface area (TPSA) is 37.4 Å². The zero-order valence-electron chi connectivity index (χ0n) is 11.4. The second-order valence-corrected chi connectivity index (χ2v) is 4.84. The largest absolute Gasteiger partial charge is 0.384 e. The van der Waals surface area contributed by atoms with E-state index in [4.69, 9.17) is 4.74 Å². The van der Waals surface area contributed by atoms with Crippen molar-refractivity contribution in [1.29, 1.82) is 0 Å². The minimum absolute atomic E-state index is 0.652. The second-order valence-electron chi connectivity index (χ2n) is 4.84. The average molecular weight is 249 g/mol. The Hall–Kier alpha value is -1.29. The van der Waals surface area contributed by atoms with Gasteiger partial charge in [0.15, 0.2) is 0 Å². The maximum absolute atomic E-state index is 5.28. The van der Waals surface area contributed by atoms with Gasteiger partial charge in [-0.1, -0.05) is 0 Å². The molecule has 4 nitrogen and oxygen atoms in total. The number of methoxy groups -OCH3 is 1. The number of anilines is 2. The lowest BCUT2D eigenvalue weighted by molar-refractivity contribution is 0.143. The Morgan fingerprint density at radius 2 is 2.44 bits per heavy atom. The lowest BCUT2D eigenvalue weighted by Gasteiger charge is -2.34. The van der Waals surface area contributed by atoms with E-state index in [0.717, 1.165) is 32.1 Å². The van der Waals surface area contributed by atoms with E-state index < -0.39 is 0 Å². The summed E-state index contributed by atoms with van der Waals surface area (Å²) in [6.07, 6.45) is 4.40. The van der Waals surface area contributed by atoms with Crippen LogP contribution in [0.15, 0.2) is 18.3 Å². The summed E-state index contributed by atoms with van der Waals surface area (Å²) in [7, 11) is 1.79. The van der Waals surface area contributed by atoms with Crippen LogP contribution in [0.4, 0.5) is 11.5 Å². The summed E-state index contributed by atoms with van der Waals surface area (Å²) in [5, 5.41) is 3.26. The van der Waals surface area contributed by atoms with Gasteiger partial charge in [-0.25, -0.2) is 4.98 Å². The summed E-state index contributed by atoms with van der Waals surface area (Å²) >= 11 is 0. The van der Waals surface area contributed by atoms with E-state index in [1.54, 1.807) is 7.11 Å². The smallest absolute Gasteiger partial charge is 0.127 e. The molecule has 0 bridgehead atoms. The molecule has 1 aromatic rings. The Labute approximate surface area is 109 Å². The van der Waals surface area contributed by atoms with Crippen LogP contribution in [-0.4, -0.2) is 38.3 Å². The Morgan fingerprint density at radius 3 is 3.22 bits per heavy atom. The molecule has 0 spiro atoms. The standard InChI is InChI=1S/C14H23N3O/c1-3-15-14-9-13(6-7-16-14)17-8-4-5-12(10-17)11-18-2/h6-7,9,12H,3-5,8,10-11H2,1-2H3,(H,15,16). The van der Waals surface area contributed by atoms with E-state index >= 15 is 0 Å². The van der Waals surface area contributed by atoms with Gasteiger partial charge >= 0.3 is 0 Å². The van der Waals surface area contributed by atoms with Crippen molar-refractivity contribution in [3.05, 3.63) is 18.3 Å². The highest BCUT2D eigenvalue weighted by atomic mass is 16.5. The van der Waals surface area contributed by atoms with Crippen molar-refractivity contribution in [2.45, 2.75) is 19.8 Å². The summed E-state index contributed by atoms with van der Waals surface area (Å²) in [6, 6.07) is 4.23. The van der Waals surface area contributed by atoms with Gasteiger partial charge in [-0.15, -0.1) is 0 Å². The summed E-state index contributed by atoms with van der Waals surface area (Å²) in [5.41, 5.74) is 1.27. The first kappa shape index (κ1) is 13.1. The SMILES string of the molecule is CCNc1cc(N2CCCC(COC)C2)ccn1. The van der Waals surface area contributed by atoms with Crippen LogP contribution in [0.1, 0.15) is 19.8 Å². The summed E-state index contributed by atoms with van der Waals surface area (Å²) < 4.78 is 5.28. The van der Waals surface area contributed by atoms with Crippen LogP contribution in [-0.2, 0) is 4.74 Å². The molecule has 2 heterocycles. The van der Waals surface area contributed by atoms with E-state index in [9.17, 15) is 0 Å². The third kappa shape index (κ3) is 3.35. The van der Waals surface area contributed by atoms with Crippen LogP contribution in [0, 0.1) is 5.92 Å². The van der Waals surface area contributed by atoms with Crippen molar-refractivity contribution in [2.75, 3.05) is 43.6 Å². The number of pyridine rings is 1. The molecule has 1 saturated heterocycles. The van der Waals surface area contributed by atoms with Crippen LogP contribution < -0.4 is 10.2 Å². The van der Waals surface area contributed by atoms with Gasteiger partial charge in [0.1, 0.15) is 5.82 Å². The zero-order valence-corrected chi connectivity index (χ0v) is 11.4. The fraction of sp³-hybridized carbons (Fsp3) is 0.643. The highest BCUT2D eigenvalue weighted by Crippen LogP contribution is 2.24. The minimum Gasteiger partial charge on any atom is -0.384 e. The van der Waals surface area contributed by atoms with E-state index in [2.05, 4.69) is 34.3 Å². The normalized spacial score (nSPS) is 19.9. The molecule has 0 amide bonds. The van der Waals surface area contributed by atoms with E-state index in [1.165, 1.54) is 18.5 Å². The highest BCUT2D eigenvalue weighted by Gasteiger charge is 2.20. The second kappa shape index (κ2) is 6.59. The molecule has 1 aromatic heterocycles. The molecule has 18 heavy (non-hydrogen) atoms. The molecule has 1 fully saturated rings. The molecule has 1 N–H and O–H groups in total. The highest BCUT2D eigenvalue weighted by molar-refractivity contribution is 5.54. The molecule has 1 unspecified atom stereocenters. The van der Waals surface area contributed by atoms with Crippen LogP contribution in [0.2, 0.25) is 0 Å². The lowest BCUT2D eigenvalue weighted by atomic mass is 9.98. The minimum atomic E-state index is 0.652. The van der Waals surface area contributed by atoms with Crippen molar-refractivity contribution < 1.29 is 4.74 Å². The van der Waals surface area contributed by atoms with Gasteiger partial charge in [0.05, 0.1) is 6.61 Å². The monoisotopic (exact) mass is 249 g/mol. The Morgan fingerprint density at radius 1 is 1.56 bits per heavy atom. The molecule has 0 saturated carbocycles. The summed E-state index contributed by atoms with van der Waals surface area (Å²) in [5.74, 6) is 1.61. The molecule has 1 aliphatic rings. The average Bonchev–Trinajstić information content (AvgIpc) is 2.40. The Kier molecular flexibility index (Phi) is 4.81. The Bertz CT molecular complexity index is 368. The number of hydrogen-bond acceptors (Lipinski definition) is 4. The lowest BCUT2D eigenvalue weighted by Crippen LogP contribution is -2.37. The number of piperidine rings is 1. The number of hydrogen-bond donors (Lipinski definition) is 1. The van der Waals surface area contributed by atoms with Gasteiger partial charge in [0.2, 0.25) is 0 Å². The predicted octanol–water partition coefficient (Wildman–Crippen LogP) is 2.38. The van der Waals surface area contributed by atoms with E-state index in [0.29, 0.717) is 5.92 Å². The zero-order chi connectivity index (χ0) is 12.8. The molecule has 0 aromatic carbocycles. The quantitative estimate of drug-likeness (QED) is 0.869. The molecule has 0 aliphatic carbocycles. The first-order valence-corrected chi connectivity index (χ1v) is 6.77. The van der Waals surface area contributed by atoms with Crippen LogP contribution >= 0.6 is 0 Å². The van der Waals surface area contributed by atoms with Gasteiger partial charge < -0.3 is 15.0 Å². The van der Waals surface area contributed by atoms with Gasteiger partial charge in [-0.05, 0) is 31.7 Å². The fourth-order valence-electron chi connectivity index (χ4n) is 2.57. The van der Waals surface area contributed by atoms with Crippen molar-refractivity contribution in [2.24, 2.45) is 5.92 Å². The molecule has 4 heteroatoms. The molecule has 100 valence electrons. The van der Waals surface area contributed by atoms with E-state index in [1.807, 2.05) is 6.20 Å². The van der Waals surface area contributed by atoms with Crippen LogP contribution in [0.5, 0.6) is 0 Å². The number of nitrogens with one attached hydrogen (secondary N) is 1. The molecule has 1 atom stereocenters. The number of aromatic nitrogens is 1. The molecular weight excluding hydrogens is 226 g/mol. The molecule has 1 aliphatic heterocycles. The predicted molar refractivity (Wildman–Crippen MR) is 75.2 cm³/mol. The van der Waals surface area contributed by atoms with Crippen molar-refractivity contribution >= 4 is 11.5 Å². The number of rotatable bonds is 5. The summed E-state index contributed by atoms with van der Waals surface area (Å²) in [6.45, 7) is 6.08. The molecular formula is C14H23N3O. The van der Waals surface area contributed by atoms with E-state index in [-0.39, 0.29) is 0 Å². The van der Waals surface area contributed by atoms with Gasteiger partial charge in [0, 0.05) is 44.7 Å². The molecule has 0 radical (unpaired) electrons. The fourth-order valence-corrected chi connectivity index (χ4v) is 2.57. The third-order valence-corrected chi connectivity index (χ3v) is 3.39. The number of nitrogens with zero attached hydrogens (tertiary/aromatic N) is 2. The third-order valence-electron chi connectivity index (χ3n) is 3.39. The van der Waals surface area contributed by atoms with Crippen LogP contribution in [0.3, 0.4) is 0 Å². The van der Waals surface area contributed by atoms with Crippen molar-refractivity contribution in [3.8, 4) is 0 Å². The van der Waals surface area contributed by atoms with Crippen molar-refractivity contribution in [1.82, 2.24) is 4.98 Å². The van der Waals surface area contributed by atoms with Gasteiger partial charge in [-0.3, -0.25) is 0 Å². The van der Waals surface area contributed by atoms with Crippen molar-refractivity contribution in [3.63, 3.8) is 0 Å². The molecule has 2 rings (SSSR count). The van der Waals surface area contributed by atoms with Gasteiger partial charge in [-0.2, -0.15) is 0 Å². The Balaban J connectivity index is 2.03. The summed E-state index contributed by atoms with van der Waals surface area (Å²) in [4.78, 5) is 6.76. The number of ether oxygens (including phenoxy) is 1. The van der Waals surface area contributed by atoms with Gasteiger partial charge in [0.25, 0.3) is 0 Å². The van der Waals surface area contributed by atoms with Crippen LogP contribution in [0.25, 0.3) is 0 Å².